The summed E-state index contributed by atoms with van der Waals surface area (Å²) < 4.78 is 10.9. The van der Waals surface area contributed by atoms with Crippen LogP contribution in [-0.4, -0.2) is 36.3 Å². The van der Waals surface area contributed by atoms with Crippen molar-refractivity contribution in [3.63, 3.8) is 0 Å². The van der Waals surface area contributed by atoms with Crippen LogP contribution in [0.4, 0.5) is 17.5 Å². The molecule has 0 bridgehead atoms. The number of anilines is 3. The molecule has 2 heterocycles. The van der Waals surface area contributed by atoms with Crippen molar-refractivity contribution in [2.24, 2.45) is 0 Å². The van der Waals surface area contributed by atoms with E-state index in [2.05, 4.69) is 46.4 Å². The quantitative estimate of drug-likeness (QED) is 0.628. The largest absolute Gasteiger partial charge is 0.497 e. The number of hydrogen-bond donors (Lipinski definition) is 1. The fourth-order valence-electron chi connectivity index (χ4n) is 3.45. The van der Waals surface area contributed by atoms with E-state index in [0.29, 0.717) is 19.2 Å². The van der Waals surface area contributed by atoms with Crippen molar-refractivity contribution in [1.29, 1.82) is 0 Å². The SMILES string of the molecule is COc1ccc(OCCNc2ccnc(N3c4ccccc4CC3C)n2)cc1. The molecule has 2 aromatic carbocycles. The lowest BCUT2D eigenvalue weighted by molar-refractivity contribution is 0.331. The summed E-state index contributed by atoms with van der Waals surface area (Å²) in [6.45, 7) is 3.38. The molecule has 28 heavy (non-hydrogen) atoms. The molecule has 1 N–H and O–H groups in total. The number of ether oxygens (including phenoxy) is 2. The van der Waals surface area contributed by atoms with Crippen LogP contribution >= 0.6 is 0 Å². The lowest BCUT2D eigenvalue weighted by atomic mass is 10.1. The van der Waals surface area contributed by atoms with E-state index in [0.717, 1.165) is 29.7 Å². The average Bonchev–Trinajstić information content (AvgIpc) is 3.07. The van der Waals surface area contributed by atoms with Crippen LogP contribution in [0.3, 0.4) is 0 Å². The first-order valence-corrected chi connectivity index (χ1v) is 9.45. The van der Waals surface area contributed by atoms with Gasteiger partial charge in [0.2, 0.25) is 5.95 Å². The molecule has 1 atom stereocenters. The average molecular weight is 376 g/mol. The normalized spacial score (nSPS) is 15.2. The van der Waals surface area contributed by atoms with Crippen LogP contribution in [0.1, 0.15) is 12.5 Å². The number of benzene rings is 2. The molecule has 3 aromatic rings. The number of methoxy groups -OCH3 is 1. The molecule has 144 valence electrons. The molecule has 0 fully saturated rings. The predicted octanol–water partition coefficient (Wildman–Crippen LogP) is 4.06. The first-order valence-electron chi connectivity index (χ1n) is 9.45. The molecule has 0 spiro atoms. The van der Waals surface area contributed by atoms with Gasteiger partial charge in [0.25, 0.3) is 0 Å². The maximum absolute atomic E-state index is 5.75. The van der Waals surface area contributed by atoms with E-state index in [9.17, 15) is 0 Å². The lowest BCUT2D eigenvalue weighted by Gasteiger charge is -2.23. The summed E-state index contributed by atoms with van der Waals surface area (Å²) in [6.07, 6.45) is 2.80. The number of para-hydroxylation sites is 1. The standard InChI is InChI=1S/C22H24N4O2/c1-16-15-17-5-3-4-6-20(17)26(16)22-24-12-11-21(25-22)23-13-14-28-19-9-7-18(27-2)8-10-19/h3-12,16H,13-15H2,1-2H3,(H,23,24,25). The predicted molar refractivity (Wildman–Crippen MR) is 111 cm³/mol. The third-order valence-corrected chi connectivity index (χ3v) is 4.80. The van der Waals surface area contributed by atoms with E-state index in [1.165, 1.54) is 11.3 Å². The summed E-state index contributed by atoms with van der Waals surface area (Å²) in [4.78, 5) is 11.4. The Balaban J connectivity index is 1.36. The van der Waals surface area contributed by atoms with Crippen LogP contribution in [0.5, 0.6) is 11.5 Å². The van der Waals surface area contributed by atoms with Gasteiger partial charge in [-0.25, -0.2) is 4.98 Å². The molecule has 6 heteroatoms. The Hall–Kier alpha value is -3.28. The van der Waals surface area contributed by atoms with Gasteiger partial charge in [0.1, 0.15) is 23.9 Å². The zero-order valence-electron chi connectivity index (χ0n) is 16.1. The van der Waals surface area contributed by atoms with Gasteiger partial charge in [-0.15, -0.1) is 0 Å². The molecular formula is C22H24N4O2. The molecule has 0 amide bonds. The maximum Gasteiger partial charge on any atom is 0.232 e. The van der Waals surface area contributed by atoms with Gasteiger partial charge in [0.15, 0.2) is 0 Å². The van der Waals surface area contributed by atoms with Gasteiger partial charge in [-0.3, -0.25) is 0 Å². The van der Waals surface area contributed by atoms with Crippen LogP contribution in [0.2, 0.25) is 0 Å². The van der Waals surface area contributed by atoms with E-state index in [1.54, 1.807) is 13.3 Å². The Morgan fingerprint density at radius 1 is 1.07 bits per heavy atom. The van der Waals surface area contributed by atoms with Crippen molar-refractivity contribution < 1.29 is 9.47 Å². The van der Waals surface area contributed by atoms with Crippen LogP contribution in [0.25, 0.3) is 0 Å². The fourth-order valence-corrected chi connectivity index (χ4v) is 3.45. The van der Waals surface area contributed by atoms with Crippen LogP contribution in [0, 0.1) is 0 Å². The molecule has 0 aliphatic carbocycles. The van der Waals surface area contributed by atoms with Crippen molar-refractivity contribution in [2.45, 2.75) is 19.4 Å². The number of aromatic nitrogens is 2. The summed E-state index contributed by atoms with van der Waals surface area (Å²) in [5, 5.41) is 3.31. The van der Waals surface area contributed by atoms with Gasteiger partial charge in [-0.2, -0.15) is 4.98 Å². The van der Waals surface area contributed by atoms with Gasteiger partial charge in [0, 0.05) is 17.9 Å². The first kappa shape index (κ1) is 18.1. The van der Waals surface area contributed by atoms with Crippen LogP contribution in [-0.2, 0) is 6.42 Å². The van der Waals surface area contributed by atoms with E-state index in [-0.39, 0.29) is 0 Å². The summed E-state index contributed by atoms with van der Waals surface area (Å²) in [7, 11) is 1.65. The second-order valence-corrected chi connectivity index (χ2v) is 6.74. The Labute approximate surface area is 165 Å². The molecule has 1 unspecified atom stereocenters. The number of nitrogens with one attached hydrogen (secondary N) is 1. The third kappa shape index (κ3) is 3.86. The monoisotopic (exact) mass is 376 g/mol. The smallest absolute Gasteiger partial charge is 0.232 e. The van der Waals surface area contributed by atoms with E-state index < -0.39 is 0 Å². The summed E-state index contributed by atoms with van der Waals surface area (Å²) >= 11 is 0. The minimum Gasteiger partial charge on any atom is -0.497 e. The van der Waals surface area contributed by atoms with Crippen molar-refractivity contribution in [2.75, 3.05) is 30.5 Å². The topological polar surface area (TPSA) is 59.5 Å². The molecule has 1 aliphatic rings. The number of fused-ring (bicyclic) bond motifs is 1. The molecular weight excluding hydrogens is 352 g/mol. The van der Waals surface area contributed by atoms with Crippen LogP contribution < -0.4 is 19.7 Å². The highest BCUT2D eigenvalue weighted by molar-refractivity contribution is 5.67. The van der Waals surface area contributed by atoms with Gasteiger partial charge in [0.05, 0.1) is 13.7 Å². The summed E-state index contributed by atoms with van der Waals surface area (Å²) in [5.41, 5.74) is 2.53. The highest BCUT2D eigenvalue weighted by Crippen LogP contribution is 2.36. The van der Waals surface area contributed by atoms with Gasteiger partial charge in [-0.1, -0.05) is 18.2 Å². The number of rotatable bonds is 7. The second kappa shape index (κ2) is 8.17. The molecule has 1 aromatic heterocycles. The highest BCUT2D eigenvalue weighted by atomic mass is 16.5. The molecule has 4 rings (SSSR count). The third-order valence-electron chi connectivity index (χ3n) is 4.80. The van der Waals surface area contributed by atoms with E-state index in [1.807, 2.05) is 30.3 Å². The Morgan fingerprint density at radius 2 is 1.86 bits per heavy atom. The minimum absolute atomic E-state index is 0.339. The Bertz CT molecular complexity index is 930. The molecule has 0 saturated carbocycles. The minimum atomic E-state index is 0.339. The van der Waals surface area contributed by atoms with Crippen molar-refractivity contribution in [3.05, 3.63) is 66.4 Å². The first-order chi connectivity index (χ1) is 13.7. The maximum atomic E-state index is 5.75. The number of hydrogen-bond acceptors (Lipinski definition) is 6. The molecule has 6 nitrogen and oxygen atoms in total. The van der Waals surface area contributed by atoms with Crippen molar-refractivity contribution >= 4 is 17.5 Å². The number of nitrogens with zero attached hydrogens (tertiary/aromatic N) is 3. The highest BCUT2D eigenvalue weighted by Gasteiger charge is 2.28. The van der Waals surface area contributed by atoms with Crippen LogP contribution in [0.15, 0.2) is 60.8 Å². The van der Waals surface area contributed by atoms with Gasteiger partial charge in [-0.05, 0) is 55.3 Å². The Kier molecular flexibility index (Phi) is 5.28. The summed E-state index contributed by atoms with van der Waals surface area (Å²) in [6, 6.07) is 18.2. The van der Waals surface area contributed by atoms with Gasteiger partial charge >= 0.3 is 0 Å². The van der Waals surface area contributed by atoms with Crippen molar-refractivity contribution in [3.8, 4) is 11.5 Å². The zero-order chi connectivity index (χ0) is 19.3. The van der Waals surface area contributed by atoms with Gasteiger partial charge < -0.3 is 19.7 Å². The Morgan fingerprint density at radius 3 is 2.68 bits per heavy atom. The molecule has 0 radical (unpaired) electrons. The second-order valence-electron chi connectivity index (χ2n) is 6.74. The zero-order valence-corrected chi connectivity index (χ0v) is 16.1. The summed E-state index contributed by atoms with van der Waals surface area (Å²) in [5.74, 6) is 3.14. The molecule has 1 aliphatic heterocycles. The van der Waals surface area contributed by atoms with E-state index >= 15 is 0 Å². The van der Waals surface area contributed by atoms with E-state index in [4.69, 9.17) is 14.5 Å². The molecule has 0 saturated heterocycles. The fraction of sp³-hybridized carbons (Fsp3) is 0.273. The lowest BCUT2D eigenvalue weighted by Crippen LogP contribution is -2.26. The van der Waals surface area contributed by atoms with Crippen molar-refractivity contribution in [1.82, 2.24) is 9.97 Å².